The minimum absolute atomic E-state index is 0.203. The first kappa shape index (κ1) is 44.4. The van der Waals surface area contributed by atoms with Crippen LogP contribution in [0, 0.1) is 0 Å². The van der Waals surface area contributed by atoms with Crippen LogP contribution >= 0.6 is 0 Å². The highest BCUT2D eigenvalue weighted by molar-refractivity contribution is 5.70. The summed E-state index contributed by atoms with van der Waals surface area (Å²) in [6.45, 7) is 6.35. The number of allylic oxidation sites excluding steroid dienone is 4. The fraction of sp³-hybridized carbons (Fsp3) is 0.854. The lowest BCUT2D eigenvalue weighted by atomic mass is 10.1. The highest BCUT2D eigenvalue weighted by Crippen LogP contribution is 2.15. The quantitative estimate of drug-likeness (QED) is 0.0301. The monoisotopic (exact) mass is 648 g/mol. The molecule has 0 aliphatic rings. The maximum atomic E-state index is 12.5. The molecule has 270 valence electrons. The second-order valence-corrected chi connectivity index (χ2v) is 13.7. The smallest absolute Gasteiger partial charge is 0.307 e. The van der Waals surface area contributed by atoms with Crippen LogP contribution in [0.2, 0.25) is 0 Å². The van der Waals surface area contributed by atoms with Gasteiger partial charge in [0.05, 0.1) is 0 Å². The summed E-state index contributed by atoms with van der Waals surface area (Å²) in [5.41, 5.74) is 0. The summed E-state index contributed by atoms with van der Waals surface area (Å²) in [6, 6.07) is 0. The standard InChI is InChI=1S/C41H77NO4/c1-6-8-10-12-14-16-18-20-22-24-26-28-30-32-34-36-39(43)45-38(3)41(42(4)5)46-40(44)37-35-33-31-29-27-25-23-21-19-17-15-13-11-9-7-2/h20-23,38,41H,6-19,24-37H2,1-5H3. The van der Waals surface area contributed by atoms with E-state index in [1.165, 1.54) is 116 Å². The van der Waals surface area contributed by atoms with E-state index in [1.807, 2.05) is 25.9 Å². The molecule has 0 aromatic heterocycles. The number of carbonyl (C=O) groups is 2. The Bertz CT molecular complexity index is 732. The van der Waals surface area contributed by atoms with E-state index in [0.717, 1.165) is 51.4 Å². The van der Waals surface area contributed by atoms with Crippen LogP contribution in [0.3, 0.4) is 0 Å². The van der Waals surface area contributed by atoms with Gasteiger partial charge in [-0.3, -0.25) is 14.5 Å². The van der Waals surface area contributed by atoms with Crippen molar-refractivity contribution < 1.29 is 19.1 Å². The van der Waals surface area contributed by atoms with Crippen molar-refractivity contribution in [3.8, 4) is 0 Å². The number of hydrogen-bond donors (Lipinski definition) is 0. The average Bonchev–Trinajstić information content (AvgIpc) is 3.03. The van der Waals surface area contributed by atoms with E-state index in [4.69, 9.17) is 9.47 Å². The van der Waals surface area contributed by atoms with Crippen molar-refractivity contribution in [3.05, 3.63) is 24.3 Å². The van der Waals surface area contributed by atoms with Gasteiger partial charge in [-0.15, -0.1) is 0 Å². The SMILES string of the molecule is CCCCCCCCC=CCCCCCCCC(=O)OC(C)C(OC(=O)CCCCCCCC=CCCCCCCCC)N(C)C. The lowest BCUT2D eigenvalue weighted by Crippen LogP contribution is -2.43. The minimum atomic E-state index is -0.561. The van der Waals surface area contributed by atoms with Gasteiger partial charge in [-0.1, -0.05) is 141 Å². The van der Waals surface area contributed by atoms with Crippen molar-refractivity contribution in [2.45, 2.75) is 213 Å². The summed E-state index contributed by atoms with van der Waals surface area (Å²) in [7, 11) is 3.71. The number of esters is 2. The molecule has 0 N–H and O–H groups in total. The van der Waals surface area contributed by atoms with E-state index < -0.39 is 12.3 Å². The molecule has 0 fully saturated rings. The molecular weight excluding hydrogens is 570 g/mol. The summed E-state index contributed by atoms with van der Waals surface area (Å²) in [5, 5.41) is 0. The predicted octanol–water partition coefficient (Wildman–Crippen LogP) is 12.4. The minimum Gasteiger partial charge on any atom is -0.457 e. The normalized spacial score (nSPS) is 13.2. The van der Waals surface area contributed by atoms with Crippen LogP contribution in [0.25, 0.3) is 0 Å². The van der Waals surface area contributed by atoms with Gasteiger partial charge in [0.15, 0.2) is 6.23 Å². The zero-order valence-electron chi connectivity index (χ0n) is 31.3. The fourth-order valence-electron chi connectivity index (χ4n) is 5.82. The van der Waals surface area contributed by atoms with Crippen molar-refractivity contribution in [2.24, 2.45) is 0 Å². The first-order valence-corrected chi connectivity index (χ1v) is 19.8. The summed E-state index contributed by atoms with van der Waals surface area (Å²) in [4.78, 5) is 26.8. The molecule has 0 aliphatic carbocycles. The summed E-state index contributed by atoms with van der Waals surface area (Å²) in [6.07, 6.45) is 41.2. The molecule has 0 spiro atoms. The highest BCUT2D eigenvalue weighted by Gasteiger charge is 2.26. The zero-order chi connectivity index (χ0) is 33.9. The van der Waals surface area contributed by atoms with Gasteiger partial charge in [0.1, 0.15) is 6.10 Å². The van der Waals surface area contributed by atoms with Crippen molar-refractivity contribution in [2.75, 3.05) is 14.1 Å². The molecule has 0 saturated heterocycles. The fourth-order valence-corrected chi connectivity index (χ4v) is 5.82. The molecule has 0 aliphatic heterocycles. The largest absolute Gasteiger partial charge is 0.457 e. The molecule has 0 saturated carbocycles. The van der Waals surface area contributed by atoms with Gasteiger partial charge >= 0.3 is 11.9 Å². The van der Waals surface area contributed by atoms with Gasteiger partial charge < -0.3 is 9.47 Å². The number of likely N-dealkylation sites (N-methyl/N-ethyl adjacent to an activating group) is 1. The van der Waals surface area contributed by atoms with E-state index in [2.05, 4.69) is 38.2 Å². The van der Waals surface area contributed by atoms with E-state index in [-0.39, 0.29) is 11.9 Å². The third-order valence-corrected chi connectivity index (χ3v) is 8.77. The first-order chi connectivity index (χ1) is 22.4. The predicted molar refractivity (Wildman–Crippen MR) is 198 cm³/mol. The van der Waals surface area contributed by atoms with Crippen molar-refractivity contribution in [3.63, 3.8) is 0 Å². The van der Waals surface area contributed by atoms with Crippen molar-refractivity contribution in [1.82, 2.24) is 4.90 Å². The zero-order valence-corrected chi connectivity index (χ0v) is 31.3. The van der Waals surface area contributed by atoms with Crippen LogP contribution in [0.1, 0.15) is 201 Å². The Kier molecular flexibility index (Phi) is 33.5. The number of nitrogens with zero attached hydrogens (tertiary/aromatic N) is 1. The Balaban J connectivity index is 3.83. The number of hydrogen-bond acceptors (Lipinski definition) is 5. The van der Waals surface area contributed by atoms with Gasteiger partial charge in [0, 0.05) is 12.8 Å². The molecule has 0 aromatic rings. The van der Waals surface area contributed by atoms with Crippen LogP contribution in [0.15, 0.2) is 24.3 Å². The third-order valence-electron chi connectivity index (χ3n) is 8.77. The second kappa shape index (κ2) is 34.7. The van der Waals surface area contributed by atoms with E-state index in [1.54, 1.807) is 0 Å². The Morgan fingerprint density at radius 2 is 0.783 bits per heavy atom. The van der Waals surface area contributed by atoms with Crippen molar-refractivity contribution >= 4 is 11.9 Å². The van der Waals surface area contributed by atoms with Gasteiger partial charge in [-0.2, -0.15) is 0 Å². The highest BCUT2D eigenvalue weighted by atomic mass is 16.6. The molecule has 5 heteroatoms. The van der Waals surface area contributed by atoms with Gasteiger partial charge in [0.2, 0.25) is 0 Å². The lowest BCUT2D eigenvalue weighted by Gasteiger charge is -2.29. The number of unbranched alkanes of at least 4 members (excludes halogenated alkanes) is 22. The third kappa shape index (κ3) is 31.0. The molecule has 2 unspecified atom stereocenters. The van der Waals surface area contributed by atoms with E-state index in [9.17, 15) is 9.59 Å². The summed E-state index contributed by atoms with van der Waals surface area (Å²) >= 11 is 0. The molecule has 46 heavy (non-hydrogen) atoms. The Morgan fingerprint density at radius 3 is 1.13 bits per heavy atom. The molecule has 2 atom stereocenters. The molecule has 0 aromatic carbocycles. The number of ether oxygens (including phenoxy) is 2. The Morgan fingerprint density at radius 1 is 0.478 bits per heavy atom. The van der Waals surface area contributed by atoms with Gasteiger partial charge in [-0.05, 0) is 85.2 Å². The molecule has 0 heterocycles. The van der Waals surface area contributed by atoms with Gasteiger partial charge in [-0.25, -0.2) is 0 Å². The molecule has 0 bridgehead atoms. The molecule has 5 nitrogen and oxygen atoms in total. The van der Waals surface area contributed by atoms with Crippen LogP contribution in [0.4, 0.5) is 0 Å². The Labute approximate surface area is 286 Å². The topological polar surface area (TPSA) is 55.8 Å². The van der Waals surface area contributed by atoms with Crippen LogP contribution in [0.5, 0.6) is 0 Å². The lowest BCUT2D eigenvalue weighted by molar-refractivity contribution is -0.179. The van der Waals surface area contributed by atoms with Crippen LogP contribution in [-0.4, -0.2) is 43.3 Å². The Hall–Kier alpha value is -1.62. The summed E-state index contributed by atoms with van der Waals surface area (Å²) in [5.74, 6) is -0.415. The molecule has 0 amide bonds. The van der Waals surface area contributed by atoms with Gasteiger partial charge in [0.25, 0.3) is 0 Å². The number of rotatable bonds is 34. The van der Waals surface area contributed by atoms with E-state index in [0.29, 0.717) is 12.8 Å². The average molecular weight is 648 g/mol. The van der Waals surface area contributed by atoms with Crippen LogP contribution in [-0.2, 0) is 19.1 Å². The maximum Gasteiger partial charge on any atom is 0.307 e. The van der Waals surface area contributed by atoms with E-state index >= 15 is 0 Å². The second-order valence-electron chi connectivity index (χ2n) is 13.7. The molecule has 0 rings (SSSR count). The van der Waals surface area contributed by atoms with Crippen molar-refractivity contribution in [1.29, 1.82) is 0 Å². The molecular formula is C41H77NO4. The molecule has 0 radical (unpaired) electrons. The number of carbonyl (C=O) groups excluding carboxylic acids is 2. The summed E-state index contributed by atoms with van der Waals surface area (Å²) < 4.78 is 11.4. The first-order valence-electron chi connectivity index (χ1n) is 19.8. The van der Waals surface area contributed by atoms with Crippen LogP contribution < -0.4 is 0 Å². The maximum absolute atomic E-state index is 12.5.